The standard InChI is InChI=1S/C18H19N5OS/c1-11-8-13(24-3)9-16(21-11)23-6-4-15-14(12(23)2)10-20-17(22-15)18-19-5-7-25-18/h5,7-10,12H,4,6H2,1-3H3. The van der Waals surface area contributed by atoms with Gasteiger partial charge in [0.1, 0.15) is 11.6 Å². The van der Waals surface area contributed by atoms with Gasteiger partial charge in [0.25, 0.3) is 0 Å². The first kappa shape index (κ1) is 16.0. The van der Waals surface area contributed by atoms with E-state index in [9.17, 15) is 0 Å². The van der Waals surface area contributed by atoms with E-state index in [2.05, 4.69) is 26.8 Å². The molecule has 0 aliphatic carbocycles. The lowest BCUT2D eigenvalue weighted by Gasteiger charge is -2.35. The third-order valence-electron chi connectivity index (χ3n) is 4.47. The number of nitrogens with zero attached hydrogens (tertiary/aromatic N) is 5. The predicted molar refractivity (Wildman–Crippen MR) is 98.1 cm³/mol. The maximum atomic E-state index is 5.39. The van der Waals surface area contributed by atoms with E-state index in [1.54, 1.807) is 24.6 Å². The number of rotatable bonds is 3. The van der Waals surface area contributed by atoms with Crippen LogP contribution in [0.2, 0.25) is 0 Å². The van der Waals surface area contributed by atoms with Crippen LogP contribution in [0.15, 0.2) is 29.9 Å². The number of thiazole rings is 1. The van der Waals surface area contributed by atoms with Gasteiger partial charge < -0.3 is 9.64 Å². The molecule has 128 valence electrons. The normalized spacial score (nSPS) is 16.6. The van der Waals surface area contributed by atoms with Crippen LogP contribution < -0.4 is 9.64 Å². The zero-order chi connectivity index (χ0) is 17.4. The molecule has 0 radical (unpaired) electrons. The third kappa shape index (κ3) is 2.95. The molecule has 0 fully saturated rings. The molecular weight excluding hydrogens is 334 g/mol. The molecule has 1 atom stereocenters. The lowest BCUT2D eigenvalue weighted by Crippen LogP contribution is -2.35. The summed E-state index contributed by atoms with van der Waals surface area (Å²) in [5.74, 6) is 2.47. The van der Waals surface area contributed by atoms with Crippen molar-refractivity contribution >= 4 is 17.2 Å². The van der Waals surface area contributed by atoms with Crippen LogP contribution in [0, 0.1) is 6.92 Å². The summed E-state index contributed by atoms with van der Waals surface area (Å²) in [4.78, 5) is 20.6. The van der Waals surface area contributed by atoms with E-state index in [0.717, 1.165) is 46.5 Å². The molecule has 25 heavy (non-hydrogen) atoms. The van der Waals surface area contributed by atoms with Crippen molar-refractivity contribution in [2.24, 2.45) is 0 Å². The second kappa shape index (κ2) is 6.40. The van der Waals surface area contributed by atoms with E-state index in [1.807, 2.05) is 30.6 Å². The van der Waals surface area contributed by atoms with E-state index in [-0.39, 0.29) is 6.04 Å². The molecule has 1 unspecified atom stereocenters. The topological polar surface area (TPSA) is 64.0 Å². The SMILES string of the molecule is COc1cc(C)nc(N2CCc3nc(-c4nccs4)ncc3C2C)c1. The Morgan fingerprint density at radius 3 is 2.88 bits per heavy atom. The number of pyridine rings is 1. The number of fused-ring (bicyclic) bond motifs is 1. The molecule has 0 N–H and O–H groups in total. The largest absolute Gasteiger partial charge is 0.497 e. The minimum atomic E-state index is 0.160. The summed E-state index contributed by atoms with van der Waals surface area (Å²) in [5, 5.41) is 2.81. The molecule has 0 aromatic carbocycles. The zero-order valence-electron chi connectivity index (χ0n) is 14.4. The van der Waals surface area contributed by atoms with Crippen molar-refractivity contribution in [3.05, 3.63) is 46.9 Å². The molecule has 3 aromatic rings. The maximum Gasteiger partial charge on any atom is 0.188 e. The Labute approximate surface area is 150 Å². The molecule has 0 saturated carbocycles. The highest BCUT2D eigenvalue weighted by Gasteiger charge is 2.27. The quantitative estimate of drug-likeness (QED) is 0.719. The Morgan fingerprint density at radius 2 is 2.12 bits per heavy atom. The highest BCUT2D eigenvalue weighted by atomic mass is 32.1. The smallest absolute Gasteiger partial charge is 0.188 e. The van der Waals surface area contributed by atoms with Gasteiger partial charge in [-0.2, -0.15) is 0 Å². The number of ether oxygens (including phenoxy) is 1. The van der Waals surface area contributed by atoms with Crippen molar-refractivity contribution in [2.75, 3.05) is 18.6 Å². The molecule has 0 bridgehead atoms. The third-order valence-corrected chi connectivity index (χ3v) is 5.24. The summed E-state index contributed by atoms with van der Waals surface area (Å²) in [6.07, 6.45) is 4.57. The molecule has 0 saturated heterocycles. The number of hydrogen-bond donors (Lipinski definition) is 0. The van der Waals surface area contributed by atoms with Gasteiger partial charge in [0, 0.05) is 54.1 Å². The van der Waals surface area contributed by atoms with Crippen LogP contribution in [0.4, 0.5) is 5.82 Å². The van der Waals surface area contributed by atoms with Gasteiger partial charge in [0.05, 0.1) is 18.8 Å². The monoisotopic (exact) mass is 353 g/mol. The van der Waals surface area contributed by atoms with Crippen molar-refractivity contribution in [1.82, 2.24) is 19.9 Å². The Kier molecular flexibility index (Phi) is 4.09. The highest BCUT2D eigenvalue weighted by Crippen LogP contribution is 2.34. The van der Waals surface area contributed by atoms with E-state index < -0.39 is 0 Å². The number of anilines is 1. The summed E-state index contributed by atoms with van der Waals surface area (Å²) < 4.78 is 5.39. The van der Waals surface area contributed by atoms with E-state index in [1.165, 1.54) is 0 Å². The summed E-state index contributed by atoms with van der Waals surface area (Å²) in [7, 11) is 1.68. The fraction of sp³-hybridized carbons (Fsp3) is 0.333. The molecular formula is C18H19N5OS. The highest BCUT2D eigenvalue weighted by molar-refractivity contribution is 7.12. The molecule has 4 rings (SSSR count). The number of hydrogen-bond acceptors (Lipinski definition) is 7. The Bertz CT molecular complexity index is 896. The van der Waals surface area contributed by atoms with Gasteiger partial charge in [-0.3, -0.25) is 0 Å². The molecule has 6 nitrogen and oxygen atoms in total. The second-order valence-corrected chi connectivity index (χ2v) is 6.95. The first-order valence-corrected chi connectivity index (χ1v) is 9.08. The molecule has 7 heteroatoms. The van der Waals surface area contributed by atoms with Gasteiger partial charge in [-0.25, -0.2) is 19.9 Å². The van der Waals surface area contributed by atoms with Crippen molar-refractivity contribution < 1.29 is 4.74 Å². The number of aryl methyl sites for hydroxylation is 1. The van der Waals surface area contributed by atoms with Gasteiger partial charge in [-0.1, -0.05) is 0 Å². The molecule has 4 heterocycles. The number of aromatic nitrogens is 4. The van der Waals surface area contributed by atoms with Crippen LogP contribution in [0.25, 0.3) is 10.8 Å². The second-order valence-electron chi connectivity index (χ2n) is 6.06. The van der Waals surface area contributed by atoms with E-state index >= 15 is 0 Å². The van der Waals surface area contributed by atoms with Crippen molar-refractivity contribution in [2.45, 2.75) is 26.3 Å². The van der Waals surface area contributed by atoms with Gasteiger partial charge >= 0.3 is 0 Å². The minimum Gasteiger partial charge on any atom is -0.497 e. The fourth-order valence-corrected chi connectivity index (χ4v) is 3.77. The van der Waals surface area contributed by atoms with Gasteiger partial charge in [-0.15, -0.1) is 11.3 Å². The molecule has 1 aliphatic heterocycles. The summed E-state index contributed by atoms with van der Waals surface area (Å²) >= 11 is 1.56. The minimum absolute atomic E-state index is 0.160. The van der Waals surface area contributed by atoms with E-state index in [4.69, 9.17) is 9.72 Å². The Hall–Kier alpha value is -2.54. The predicted octanol–water partition coefficient (Wildman–Crippen LogP) is 3.44. The van der Waals surface area contributed by atoms with Crippen LogP contribution in [-0.4, -0.2) is 33.6 Å². The Morgan fingerprint density at radius 1 is 1.24 bits per heavy atom. The fourth-order valence-electron chi connectivity index (χ4n) is 3.20. The summed E-state index contributed by atoms with van der Waals surface area (Å²) in [6, 6.07) is 4.09. The van der Waals surface area contributed by atoms with Crippen molar-refractivity contribution in [1.29, 1.82) is 0 Å². The molecule has 0 amide bonds. The van der Waals surface area contributed by atoms with Crippen LogP contribution >= 0.6 is 11.3 Å². The lowest BCUT2D eigenvalue weighted by atomic mass is 9.99. The van der Waals surface area contributed by atoms with Crippen molar-refractivity contribution in [3.8, 4) is 16.6 Å². The molecule has 1 aliphatic rings. The summed E-state index contributed by atoms with van der Waals surface area (Å²) in [5.41, 5.74) is 3.19. The van der Waals surface area contributed by atoms with Crippen molar-refractivity contribution in [3.63, 3.8) is 0 Å². The lowest BCUT2D eigenvalue weighted by molar-refractivity contribution is 0.413. The van der Waals surface area contributed by atoms with Crippen LogP contribution in [0.5, 0.6) is 5.75 Å². The van der Waals surface area contributed by atoms with Gasteiger partial charge in [-0.05, 0) is 13.8 Å². The van der Waals surface area contributed by atoms with Crippen LogP contribution in [0.1, 0.15) is 29.9 Å². The molecule has 3 aromatic heterocycles. The summed E-state index contributed by atoms with van der Waals surface area (Å²) in [6.45, 7) is 5.01. The zero-order valence-corrected chi connectivity index (χ0v) is 15.2. The van der Waals surface area contributed by atoms with Crippen LogP contribution in [-0.2, 0) is 6.42 Å². The van der Waals surface area contributed by atoms with E-state index in [0.29, 0.717) is 5.82 Å². The maximum absolute atomic E-state index is 5.39. The van der Waals surface area contributed by atoms with Gasteiger partial charge in [0.15, 0.2) is 10.8 Å². The van der Waals surface area contributed by atoms with Crippen LogP contribution in [0.3, 0.4) is 0 Å². The average molecular weight is 353 g/mol. The average Bonchev–Trinajstić information content (AvgIpc) is 3.16. The van der Waals surface area contributed by atoms with Gasteiger partial charge in [0.2, 0.25) is 0 Å². The molecule has 0 spiro atoms. The number of methoxy groups -OCH3 is 1. The first-order chi connectivity index (χ1) is 12.2. The first-order valence-electron chi connectivity index (χ1n) is 8.20. The Balaban J connectivity index is 1.67.